The SMILES string of the molecule is C=C(c1ccccc1)c1ccc2sc(-c3ccc(C4OCCCO4)cc3F)nc2n1. The summed E-state index contributed by atoms with van der Waals surface area (Å²) in [5.41, 5.74) is 4.31. The Labute approximate surface area is 177 Å². The highest BCUT2D eigenvalue weighted by Gasteiger charge is 2.20. The van der Waals surface area contributed by atoms with Crippen LogP contribution in [0.4, 0.5) is 4.39 Å². The molecule has 1 fully saturated rings. The van der Waals surface area contributed by atoms with Crippen LogP contribution < -0.4 is 0 Å². The van der Waals surface area contributed by atoms with E-state index in [4.69, 9.17) is 9.47 Å². The highest BCUT2D eigenvalue weighted by molar-refractivity contribution is 7.21. The number of pyridine rings is 1. The lowest BCUT2D eigenvalue weighted by atomic mass is 10.0. The highest BCUT2D eigenvalue weighted by Crippen LogP contribution is 2.34. The fourth-order valence-electron chi connectivity index (χ4n) is 3.42. The van der Waals surface area contributed by atoms with E-state index in [1.807, 2.05) is 48.5 Å². The molecule has 0 N–H and O–H groups in total. The van der Waals surface area contributed by atoms with E-state index in [9.17, 15) is 4.39 Å². The summed E-state index contributed by atoms with van der Waals surface area (Å²) in [4.78, 5) is 9.24. The van der Waals surface area contributed by atoms with Crippen molar-refractivity contribution in [3.05, 3.63) is 89.9 Å². The van der Waals surface area contributed by atoms with Crippen molar-refractivity contribution in [2.75, 3.05) is 13.2 Å². The summed E-state index contributed by atoms with van der Waals surface area (Å²) in [6.07, 6.45) is 0.347. The highest BCUT2D eigenvalue weighted by atomic mass is 32.1. The van der Waals surface area contributed by atoms with Crippen LogP contribution in [0.5, 0.6) is 0 Å². The molecular weight excluding hydrogens is 399 g/mol. The molecule has 0 spiro atoms. The first kappa shape index (κ1) is 19.1. The molecule has 1 aliphatic rings. The van der Waals surface area contributed by atoms with Crippen molar-refractivity contribution in [1.29, 1.82) is 0 Å². The summed E-state index contributed by atoms with van der Waals surface area (Å²) in [6.45, 7) is 5.40. The first-order chi connectivity index (χ1) is 14.7. The van der Waals surface area contributed by atoms with E-state index in [1.54, 1.807) is 6.07 Å². The van der Waals surface area contributed by atoms with Crippen LogP contribution in [0.2, 0.25) is 0 Å². The standard InChI is InChI=1S/C24H19FN2O2S/c1-15(16-6-3-2-4-7-16)20-10-11-21-22(26-20)27-23(30-21)18-9-8-17(14-19(18)25)24-28-12-5-13-29-24/h2-4,6-11,14,24H,1,5,12-13H2. The van der Waals surface area contributed by atoms with Gasteiger partial charge >= 0.3 is 0 Å². The molecule has 2 aromatic heterocycles. The molecular formula is C24H19FN2O2S. The molecule has 4 nitrogen and oxygen atoms in total. The van der Waals surface area contributed by atoms with E-state index < -0.39 is 6.29 Å². The molecule has 5 rings (SSSR count). The van der Waals surface area contributed by atoms with Crippen molar-refractivity contribution in [2.24, 2.45) is 0 Å². The lowest BCUT2D eigenvalue weighted by molar-refractivity contribution is -0.183. The second-order valence-electron chi connectivity index (χ2n) is 7.05. The molecule has 0 aliphatic carbocycles. The summed E-state index contributed by atoms with van der Waals surface area (Å²) in [5.74, 6) is -0.349. The van der Waals surface area contributed by atoms with Gasteiger partial charge in [0.25, 0.3) is 0 Å². The van der Waals surface area contributed by atoms with E-state index >= 15 is 0 Å². The fourth-order valence-corrected chi connectivity index (χ4v) is 4.36. The topological polar surface area (TPSA) is 44.2 Å². The second-order valence-corrected chi connectivity index (χ2v) is 8.08. The van der Waals surface area contributed by atoms with E-state index in [2.05, 4.69) is 16.5 Å². The Morgan fingerprint density at radius 3 is 2.57 bits per heavy atom. The number of thiazole rings is 1. The van der Waals surface area contributed by atoms with Crippen LogP contribution in [0, 0.1) is 5.82 Å². The minimum absolute atomic E-state index is 0.349. The van der Waals surface area contributed by atoms with Crippen molar-refractivity contribution in [3.63, 3.8) is 0 Å². The smallest absolute Gasteiger partial charge is 0.183 e. The van der Waals surface area contributed by atoms with Gasteiger partial charge in [0.2, 0.25) is 0 Å². The van der Waals surface area contributed by atoms with Crippen LogP contribution in [-0.4, -0.2) is 23.2 Å². The maximum atomic E-state index is 14.9. The molecule has 4 aromatic rings. The van der Waals surface area contributed by atoms with Gasteiger partial charge in [-0.1, -0.05) is 43.0 Å². The summed E-state index contributed by atoms with van der Waals surface area (Å²) in [7, 11) is 0. The first-order valence-corrected chi connectivity index (χ1v) is 10.6. The molecule has 0 unspecified atom stereocenters. The largest absolute Gasteiger partial charge is 0.348 e. The second kappa shape index (κ2) is 8.07. The van der Waals surface area contributed by atoms with Crippen LogP contribution >= 0.6 is 11.3 Å². The predicted octanol–water partition coefficient (Wildman–Crippen LogP) is 5.99. The van der Waals surface area contributed by atoms with Crippen molar-refractivity contribution >= 4 is 27.3 Å². The van der Waals surface area contributed by atoms with Gasteiger partial charge in [0.15, 0.2) is 11.9 Å². The van der Waals surface area contributed by atoms with Gasteiger partial charge in [-0.2, -0.15) is 0 Å². The third-order valence-electron chi connectivity index (χ3n) is 5.01. The van der Waals surface area contributed by atoms with Crippen LogP contribution in [0.15, 0.2) is 67.2 Å². The van der Waals surface area contributed by atoms with Crippen molar-refractivity contribution in [2.45, 2.75) is 12.7 Å². The number of fused-ring (bicyclic) bond motifs is 1. The van der Waals surface area contributed by atoms with Crippen LogP contribution in [0.1, 0.15) is 29.5 Å². The van der Waals surface area contributed by atoms with Crippen molar-refractivity contribution in [1.82, 2.24) is 9.97 Å². The fraction of sp³-hybridized carbons (Fsp3) is 0.167. The molecule has 2 aromatic carbocycles. The van der Waals surface area contributed by atoms with Crippen LogP contribution in [-0.2, 0) is 9.47 Å². The summed E-state index contributed by atoms with van der Waals surface area (Å²) >= 11 is 1.42. The minimum atomic E-state index is -0.508. The number of benzene rings is 2. The molecule has 150 valence electrons. The van der Waals surface area contributed by atoms with E-state index in [0.29, 0.717) is 35.0 Å². The minimum Gasteiger partial charge on any atom is -0.348 e. The average Bonchev–Trinajstić information content (AvgIpc) is 3.22. The normalized spacial score (nSPS) is 14.8. The number of halogens is 1. The average molecular weight is 418 g/mol. The number of ether oxygens (including phenoxy) is 2. The number of aromatic nitrogens is 2. The zero-order valence-corrected chi connectivity index (χ0v) is 17.0. The van der Waals surface area contributed by atoms with Gasteiger partial charge in [0.1, 0.15) is 10.8 Å². The molecule has 0 radical (unpaired) electrons. The van der Waals surface area contributed by atoms with E-state index in [-0.39, 0.29) is 5.82 Å². The van der Waals surface area contributed by atoms with Gasteiger partial charge in [0, 0.05) is 16.7 Å². The third kappa shape index (κ3) is 3.65. The number of nitrogens with zero attached hydrogens (tertiary/aromatic N) is 2. The van der Waals surface area contributed by atoms with E-state index in [1.165, 1.54) is 17.4 Å². The maximum absolute atomic E-state index is 14.9. The molecule has 1 saturated heterocycles. The molecule has 0 bridgehead atoms. The van der Waals surface area contributed by atoms with Gasteiger partial charge in [-0.3, -0.25) is 0 Å². The van der Waals surface area contributed by atoms with Gasteiger partial charge in [0.05, 0.1) is 23.6 Å². The Balaban J connectivity index is 1.46. The Bertz CT molecular complexity index is 1220. The van der Waals surface area contributed by atoms with E-state index in [0.717, 1.165) is 28.0 Å². The Morgan fingerprint density at radius 1 is 1.00 bits per heavy atom. The van der Waals surface area contributed by atoms with Gasteiger partial charge in [-0.25, -0.2) is 14.4 Å². The molecule has 6 heteroatoms. The summed E-state index contributed by atoms with van der Waals surface area (Å²) in [5, 5.41) is 0.592. The molecule has 0 atom stereocenters. The third-order valence-corrected chi connectivity index (χ3v) is 6.05. The molecule has 0 amide bonds. The molecule has 0 saturated carbocycles. The number of hydrogen-bond acceptors (Lipinski definition) is 5. The van der Waals surface area contributed by atoms with Crippen LogP contribution in [0.3, 0.4) is 0 Å². The van der Waals surface area contributed by atoms with Gasteiger partial charge in [-0.05, 0) is 36.2 Å². The van der Waals surface area contributed by atoms with Crippen LogP contribution in [0.25, 0.3) is 26.5 Å². The molecule has 3 heterocycles. The number of hydrogen-bond donors (Lipinski definition) is 0. The van der Waals surface area contributed by atoms with Crippen molar-refractivity contribution in [3.8, 4) is 10.6 Å². The first-order valence-electron chi connectivity index (χ1n) is 9.74. The zero-order chi connectivity index (χ0) is 20.5. The number of rotatable bonds is 4. The van der Waals surface area contributed by atoms with Gasteiger partial charge in [-0.15, -0.1) is 11.3 Å². The van der Waals surface area contributed by atoms with Crippen molar-refractivity contribution < 1.29 is 13.9 Å². The quantitative estimate of drug-likeness (QED) is 0.408. The summed E-state index contributed by atoms with van der Waals surface area (Å²) < 4.78 is 26.9. The lowest BCUT2D eigenvalue weighted by Crippen LogP contribution is -2.17. The zero-order valence-electron chi connectivity index (χ0n) is 16.2. The Hall–Kier alpha value is -2.93. The predicted molar refractivity (Wildman–Crippen MR) is 117 cm³/mol. The Morgan fingerprint density at radius 2 is 1.80 bits per heavy atom. The van der Waals surface area contributed by atoms with Gasteiger partial charge < -0.3 is 9.47 Å². The maximum Gasteiger partial charge on any atom is 0.183 e. The summed E-state index contributed by atoms with van der Waals surface area (Å²) in [6, 6.07) is 18.8. The lowest BCUT2D eigenvalue weighted by Gasteiger charge is -2.23. The molecule has 30 heavy (non-hydrogen) atoms. The molecule has 1 aliphatic heterocycles. The monoisotopic (exact) mass is 418 g/mol. The Kier molecular flexibility index (Phi) is 5.12.